The van der Waals surface area contributed by atoms with Gasteiger partial charge in [0, 0.05) is 0 Å². The van der Waals surface area contributed by atoms with Crippen molar-refractivity contribution in [2.75, 3.05) is 0 Å². The van der Waals surface area contributed by atoms with E-state index in [0.717, 1.165) is 0 Å². The average Bonchev–Trinajstić information content (AvgIpc) is 3.27. The number of allylic oxidation sites excluding steroid dienone is 4. The molecule has 3 aromatic rings. The van der Waals surface area contributed by atoms with Crippen LogP contribution in [0.5, 0.6) is 0 Å². The molecule has 0 heterocycles. The minimum absolute atomic E-state index is 0. The molecule has 3 aromatic carbocycles. The Labute approximate surface area is 209 Å². The summed E-state index contributed by atoms with van der Waals surface area (Å²) in [7, 11) is 0. The molecule has 0 radical (unpaired) electrons. The van der Waals surface area contributed by atoms with Gasteiger partial charge in [0.1, 0.15) is 0 Å². The molecule has 0 fully saturated rings. The van der Waals surface area contributed by atoms with Gasteiger partial charge >= 0.3 is 186 Å². The number of hydrogen-bond acceptors (Lipinski definition) is 0. The summed E-state index contributed by atoms with van der Waals surface area (Å²) in [5, 5.41) is 0. The predicted octanol–water partition coefficient (Wildman–Crippen LogP) is 8.02. The molecule has 3 heteroatoms. The summed E-state index contributed by atoms with van der Waals surface area (Å²) in [5.74, 6) is 0.351. The second-order valence-electron chi connectivity index (χ2n) is 8.33. The van der Waals surface area contributed by atoms with E-state index in [9.17, 15) is 0 Å². The van der Waals surface area contributed by atoms with Crippen LogP contribution in [-0.4, -0.2) is 3.21 Å². The zero-order valence-corrected chi connectivity index (χ0v) is 22.1. The first-order chi connectivity index (χ1) is 14.1. The molecule has 2 unspecified atom stereocenters. The Balaban J connectivity index is 0.00000136. The van der Waals surface area contributed by atoms with Gasteiger partial charge in [0.05, 0.1) is 0 Å². The fraction of sp³-hybridized carbons (Fsp3) is 0.179. The van der Waals surface area contributed by atoms with Crippen LogP contribution in [0, 0.1) is 0 Å². The molecule has 2 aliphatic carbocycles. The van der Waals surface area contributed by atoms with Crippen LogP contribution in [0.25, 0.3) is 16.7 Å². The Bertz CT molecular complexity index is 1180. The second kappa shape index (κ2) is 9.95. The van der Waals surface area contributed by atoms with Crippen molar-refractivity contribution in [2.24, 2.45) is 0 Å². The minimum atomic E-state index is -0.693. The van der Waals surface area contributed by atoms with Gasteiger partial charge in [-0.15, -0.1) is 24.8 Å². The Morgan fingerprint density at radius 1 is 0.742 bits per heavy atom. The van der Waals surface area contributed by atoms with Crippen molar-refractivity contribution in [3.63, 3.8) is 0 Å². The number of hydrogen-bond donors (Lipinski definition) is 0. The third-order valence-corrected chi connectivity index (χ3v) is 9.61. The maximum absolute atomic E-state index is 2.43. The maximum Gasteiger partial charge on any atom is -0.147 e. The molecule has 5 rings (SSSR count). The van der Waals surface area contributed by atoms with Gasteiger partial charge in [-0.3, -0.25) is 0 Å². The third kappa shape index (κ3) is 4.38. The molecule has 0 bridgehead atoms. The number of rotatable bonds is 3. The van der Waals surface area contributed by atoms with E-state index in [2.05, 4.69) is 106 Å². The van der Waals surface area contributed by atoms with Gasteiger partial charge in [0.2, 0.25) is 0 Å². The van der Waals surface area contributed by atoms with Crippen molar-refractivity contribution >= 4 is 33.6 Å². The van der Waals surface area contributed by atoms with Gasteiger partial charge < -0.3 is 0 Å². The molecule has 0 spiro atoms. The Morgan fingerprint density at radius 3 is 2.13 bits per heavy atom. The van der Waals surface area contributed by atoms with Crippen LogP contribution in [-0.2, 0) is 22.8 Å². The molecule has 0 amide bonds. The first-order valence-electron chi connectivity index (χ1n) is 10.4. The fourth-order valence-electron chi connectivity index (χ4n) is 4.87. The largest absolute Gasteiger partial charge is 0.147 e. The Morgan fingerprint density at radius 2 is 1.39 bits per heavy atom. The van der Waals surface area contributed by atoms with Crippen LogP contribution >= 0.6 is 24.8 Å². The molecule has 31 heavy (non-hydrogen) atoms. The molecule has 2 aliphatic rings. The Kier molecular flexibility index (Phi) is 7.74. The van der Waals surface area contributed by atoms with Gasteiger partial charge in [-0.1, -0.05) is 0 Å². The summed E-state index contributed by atoms with van der Waals surface area (Å²) >= 11 is -0.693. The van der Waals surface area contributed by atoms with Crippen molar-refractivity contribution in [3.8, 4) is 11.1 Å². The van der Waals surface area contributed by atoms with Crippen LogP contribution in [0.4, 0.5) is 0 Å². The summed E-state index contributed by atoms with van der Waals surface area (Å²) < 4.78 is 2.27. The van der Waals surface area contributed by atoms with Crippen molar-refractivity contribution in [2.45, 2.75) is 30.3 Å². The van der Waals surface area contributed by atoms with Crippen molar-refractivity contribution in [1.82, 2.24) is 0 Å². The zero-order chi connectivity index (χ0) is 20.0. The Hall–Kier alpha value is -1.53. The van der Waals surface area contributed by atoms with Gasteiger partial charge in [-0.2, -0.15) is 0 Å². The zero-order valence-electron chi connectivity index (χ0n) is 18.1. The van der Waals surface area contributed by atoms with E-state index in [1.165, 1.54) is 33.4 Å². The van der Waals surface area contributed by atoms with Crippen LogP contribution in [0.1, 0.15) is 52.6 Å². The monoisotopic (exact) mass is 523 g/mol. The smallest absolute Gasteiger partial charge is 0.147 e. The molecule has 0 N–H and O–H groups in total. The maximum atomic E-state index is 2.43. The van der Waals surface area contributed by atoms with Crippen molar-refractivity contribution < 1.29 is 22.8 Å². The fourth-order valence-corrected chi connectivity index (χ4v) is 8.41. The number of halogens is 2. The van der Waals surface area contributed by atoms with E-state index in [0.29, 0.717) is 9.54 Å². The molecule has 2 atom stereocenters. The van der Waals surface area contributed by atoms with E-state index in [1.54, 1.807) is 14.3 Å². The van der Waals surface area contributed by atoms with E-state index >= 15 is 0 Å². The average molecular weight is 526 g/mol. The van der Waals surface area contributed by atoms with Gasteiger partial charge in [-0.25, -0.2) is 0 Å². The summed E-state index contributed by atoms with van der Waals surface area (Å²) in [5.41, 5.74) is 11.8. The van der Waals surface area contributed by atoms with Crippen LogP contribution in [0.2, 0.25) is 0 Å². The SMILES string of the molecule is CC1=CC(c2ccccc2)C(c2cccc3c2[CH]([Zr]=[C](C)C)c2ccccc2-3)=C1.Cl.Cl. The van der Waals surface area contributed by atoms with Crippen molar-refractivity contribution in [1.29, 1.82) is 0 Å². The molecule has 0 nitrogen and oxygen atoms in total. The van der Waals surface area contributed by atoms with Crippen LogP contribution in [0.15, 0.2) is 90.5 Å². The molecule has 157 valence electrons. The third-order valence-electron chi connectivity index (χ3n) is 6.01. The van der Waals surface area contributed by atoms with Gasteiger partial charge in [-0.05, 0) is 0 Å². The summed E-state index contributed by atoms with van der Waals surface area (Å²) in [6.07, 6.45) is 4.85. The quantitative estimate of drug-likeness (QED) is 0.325. The van der Waals surface area contributed by atoms with Gasteiger partial charge in [0.25, 0.3) is 0 Å². The number of benzene rings is 3. The van der Waals surface area contributed by atoms with E-state index in [4.69, 9.17) is 0 Å². The van der Waals surface area contributed by atoms with E-state index in [-0.39, 0.29) is 24.8 Å². The molecule has 0 saturated heterocycles. The van der Waals surface area contributed by atoms with E-state index in [1.807, 2.05) is 0 Å². The summed E-state index contributed by atoms with van der Waals surface area (Å²) in [6.45, 7) is 6.91. The van der Waals surface area contributed by atoms with Gasteiger partial charge in [0.15, 0.2) is 0 Å². The molecule has 0 aliphatic heterocycles. The van der Waals surface area contributed by atoms with Crippen molar-refractivity contribution in [3.05, 3.63) is 113 Å². The second-order valence-corrected chi connectivity index (χ2v) is 12.9. The van der Waals surface area contributed by atoms with Crippen LogP contribution in [0.3, 0.4) is 0 Å². The predicted molar refractivity (Wildman–Crippen MR) is 135 cm³/mol. The molecule has 0 saturated carbocycles. The molecular weight excluding hydrogens is 498 g/mol. The van der Waals surface area contributed by atoms with Crippen LogP contribution < -0.4 is 0 Å². The summed E-state index contributed by atoms with van der Waals surface area (Å²) in [4.78, 5) is 0. The topological polar surface area (TPSA) is 0 Å². The number of fused-ring (bicyclic) bond motifs is 3. The molecular formula is C28H27Cl2Zr. The molecule has 0 aromatic heterocycles. The normalized spacial score (nSPS) is 17.9. The standard InChI is InChI=1S/C25H19.C3H6.2ClH.Zr/c1-17-14-23(18-8-3-2-4-9-18)24(15-17)22-13-7-12-21-20-11-6-5-10-19(20)16-25(21)22;1-3-2;;;/h2-16,23H,1H3;1-2H3;2*1H;. The minimum Gasteiger partial charge on any atom is -0.147 e. The van der Waals surface area contributed by atoms with E-state index < -0.39 is 22.8 Å². The summed E-state index contributed by atoms with van der Waals surface area (Å²) in [6, 6.07) is 27.0. The first-order valence-corrected chi connectivity index (χ1v) is 13.0. The first kappa shape index (κ1) is 24.1.